The van der Waals surface area contributed by atoms with Crippen LogP contribution in [0.4, 0.5) is 9.18 Å². The second-order valence-corrected chi connectivity index (χ2v) is 6.92. The number of benzene rings is 1. The Hall–Kier alpha value is -2.44. The molecule has 0 radical (unpaired) electrons. The van der Waals surface area contributed by atoms with Crippen LogP contribution in [0, 0.1) is 5.82 Å². The van der Waals surface area contributed by atoms with E-state index in [2.05, 4.69) is 4.98 Å². The van der Waals surface area contributed by atoms with Crippen molar-refractivity contribution in [3.05, 3.63) is 70.8 Å². The summed E-state index contributed by atoms with van der Waals surface area (Å²) in [6, 6.07) is 10.6. The van der Waals surface area contributed by atoms with Crippen molar-refractivity contribution in [2.75, 3.05) is 13.2 Å². The average molecular weight is 389 g/mol. The predicted molar refractivity (Wildman–Crippen MR) is 98.7 cm³/mol. The van der Waals surface area contributed by atoms with Crippen LogP contribution in [0.2, 0.25) is 5.15 Å². The van der Waals surface area contributed by atoms with Gasteiger partial charge in [-0.05, 0) is 23.6 Å². The number of hydrogen-bond donors (Lipinski definition) is 0. The number of morpholine rings is 1. The van der Waals surface area contributed by atoms with Crippen LogP contribution in [0.5, 0.6) is 0 Å². The average Bonchev–Trinajstić information content (AvgIpc) is 2.68. The first kappa shape index (κ1) is 17.9. The normalized spacial score (nSPS) is 21.6. The first-order chi connectivity index (χ1) is 13.1. The minimum atomic E-state index is -0.537. The zero-order valence-corrected chi connectivity index (χ0v) is 15.2. The fourth-order valence-electron chi connectivity index (χ4n) is 3.54. The van der Waals surface area contributed by atoms with Gasteiger partial charge in [0.15, 0.2) is 11.0 Å². The van der Waals surface area contributed by atoms with Gasteiger partial charge in [0.1, 0.15) is 6.61 Å². The molecule has 5 nitrogen and oxygen atoms in total. The van der Waals surface area contributed by atoms with E-state index in [4.69, 9.17) is 21.1 Å². The van der Waals surface area contributed by atoms with Crippen molar-refractivity contribution >= 4 is 23.3 Å². The Balaban J connectivity index is 1.53. The smallest absolute Gasteiger partial charge is 0.411 e. The Morgan fingerprint density at radius 2 is 2.11 bits per heavy atom. The highest BCUT2D eigenvalue weighted by atomic mass is 35.5. The molecule has 2 aliphatic heterocycles. The highest BCUT2D eigenvalue weighted by Gasteiger charge is 2.39. The largest absolute Gasteiger partial charge is 0.445 e. The molecule has 3 heterocycles. The molecule has 27 heavy (non-hydrogen) atoms. The van der Waals surface area contributed by atoms with Gasteiger partial charge in [0.05, 0.1) is 25.3 Å². The molecule has 1 saturated heterocycles. The Labute approximate surface area is 161 Å². The number of carbonyl (C=O) groups excluding carboxylic acids is 1. The van der Waals surface area contributed by atoms with Gasteiger partial charge in [-0.25, -0.2) is 14.2 Å². The second kappa shape index (κ2) is 7.66. The minimum absolute atomic E-state index is 0.153. The highest BCUT2D eigenvalue weighted by Crippen LogP contribution is 2.35. The standard InChI is InChI=1S/C20H18ClFN2O3/c21-19-18(22)17(6-7-23-19)14-8-15-11-26-12-16(9-14)24(15)20(25)27-10-13-4-2-1-3-5-13/h1-8,15-16H,9-12H2. The van der Waals surface area contributed by atoms with E-state index in [1.54, 1.807) is 11.0 Å². The Kier molecular flexibility index (Phi) is 5.09. The summed E-state index contributed by atoms with van der Waals surface area (Å²) in [6.07, 6.45) is 3.41. The summed E-state index contributed by atoms with van der Waals surface area (Å²) >= 11 is 5.81. The lowest BCUT2D eigenvalue weighted by molar-refractivity contribution is -0.0342. The molecule has 0 spiro atoms. The topological polar surface area (TPSA) is 51.7 Å². The van der Waals surface area contributed by atoms with Gasteiger partial charge in [-0.2, -0.15) is 0 Å². The maximum absolute atomic E-state index is 14.4. The fourth-order valence-corrected chi connectivity index (χ4v) is 3.70. The highest BCUT2D eigenvalue weighted by molar-refractivity contribution is 6.29. The van der Waals surface area contributed by atoms with Gasteiger partial charge in [0, 0.05) is 11.8 Å². The third kappa shape index (κ3) is 3.68. The lowest BCUT2D eigenvalue weighted by atomic mass is 9.90. The number of aromatic nitrogens is 1. The third-order valence-corrected chi connectivity index (χ3v) is 5.07. The number of pyridine rings is 1. The van der Waals surface area contributed by atoms with Crippen molar-refractivity contribution in [2.24, 2.45) is 0 Å². The molecule has 1 aromatic heterocycles. The summed E-state index contributed by atoms with van der Waals surface area (Å²) in [7, 11) is 0. The quantitative estimate of drug-likeness (QED) is 0.744. The van der Waals surface area contributed by atoms with Gasteiger partial charge in [-0.15, -0.1) is 0 Å². The molecular formula is C20H18ClFN2O3. The van der Waals surface area contributed by atoms with E-state index < -0.39 is 5.82 Å². The molecule has 0 saturated carbocycles. The van der Waals surface area contributed by atoms with Gasteiger partial charge in [0.25, 0.3) is 0 Å². The number of amides is 1. The lowest BCUT2D eigenvalue weighted by Gasteiger charge is -2.43. The van der Waals surface area contributed by atoms with E-state index in [9.17, 15) is 9.18 Å². The molecule has 2 aliphatic rings. The van der Waals surface area contributed by atoms with E-state index in [0.29, 0.717) is 25.2 Å². The summed E-state index contributed by atoms with van der Waals surface area (Å²) in [6.45, 7) is 0.942. The minimum Gasteiger partial charge on any atom is -0.445 e. The Bertz CT molecular complexity index is 875. The van der Waals surface area contributed by atoms with Crippen LogP contribution < -0.4 is 0 Å². The van der Waals surface area contributed by atoms with Crippen LogP contribution in [0.25, 0.3) is 5.57 Å². The number of hydrogen-bond acceptors (Lipinski definition) is 4. The molecule has 7 heteroatoms. The molecule has 2 atom stereocenters. The lowest BCUT2D eigenvalue weighted by Crippen LogP contribution is -2.56. The second-order valence-electron chi connectivity index (χ2n) is 6.57. The monoisotopic (exact) mass is 388 g/mol. The molecule has 2 aromatic rings. The molecule has 0 N–H and O–H groups in total. The third-order valence-electron chi connectivity index (χ3n) is 4.81. The van der Waals surface area contributed by atoms with E-state index in [1.807, 2.05) is 36.4 Å². The molecule has 2 unspecified atom stereocenters. The first-order valence-corrected chi connectivity index (χ1v) is 9.09. The predicted octanol–water partition coefficient (Wildman–Crippen LogP) is 4.07. The van der Waals surface area contributed by atoms with Crippen LogP contribution in [0.15, 0.2) is 48.7 Å². The number of carbonyl (C=O) groups is 1. The maximum Gasteiger partial charge on any atom is 0.411 e. The van der Waals surface area contributed by atoms with Gasteiger partial charge < -0.3 is 9.47 Å². The van der Waals surface area contributed by atoms with E-state index in [0.717, 1.165) is 11.1 Å². The number of nitrogens with zero attached hydrogens (tertiary/aromatic N) is 2. The number of fused-ring (bicyclic) bond motifs is 2. The van der Waals surface area contributed by atoms with Gasteiger partial charge >= 0.3 is 6.09 Å². The summed E-state index contributed by atoms with van der Waals surface area (Å²) in [5.74, 6) is -0.537. The molecule has 1 amide bonds. The van der Waals surface area contributed by atoms with Crippen molar-refractivity contribution in [3.8, 4) is 0 Å². The van der Waals surface area contributed by atoms with Crippen LogP contribution in [0.3, 0.4) is 0 Å². The number of rotatable bonds is 3. The molecule has 140 valence electrons. The molecule has 1 fully saturated rings. The van der Waals surface area contributed by atoms with Crippen LogP contribution >= 0.6 is 11.6 Å². The SMILES string of the molecule is O=C(OCc1ccccc1)N1C2C=C(c3ccnc(Cl)c3F)CC1COC2. The first-order valence-electron chi connectivity index (χ1n) is 8.71. The zero-order valence-electron chi connectivity index (χ0n) is 14.5. The van der Waals surface area contributed by atoms with Crippen molar-refractivity contribution in [1.82, 2.24) is 9.88 Å². The van der Waals surface area contributed by atoms with Crippen molar-refractivity contribution in [3.63, 3.8) is 0 Å². The molecule has 4 rings (SSSR count). The van der Waals surface area contributed by atoms with E-state index in [-0.39, 0.29) is 29.9 Å². The zero-order chi connectivity index (χ0) is 18.8. The molecular weight excluding hydrogens is 371 g/mol. The summed E-state index contributed by atoms with van der Waals surface area (Å²) in [4.78, 5) is 18.1. The van der Waals surface area contributed by atoms with Crippen LogP contribution in [-0.2, 0) is 16.1 Å². The van der Waals surface area contributed by atoms with Gasteiger partial charge in [0.2, 0.25) is 0 Å². The summed E-state index contributed by atoms with van der Waals surface area (Å²) < 4.78 is 25.4. The molecule has 2 bridgehead atoms. The van der Waals surface area contributed by atoms with Crippen molar-refractivity contribution < 1.29 is 18.7 Å². The molecule has 0 aliphatic carbocycles. The maximum atomic E-state index is 14.4. The van der Waals surface area contributed by atoms with E-state index in [1.165, 1.54) is 6.20 Å². The Morgan fingerprint density at radius 1 is 1.30 bits per heavy atom. The number of halogens is 2. The van der Waals surface area contributed by atoms with E-state index >= 15 is 0 Å². The summed E-state index contributed by atoms with van der Waals surface area (Å²) in [5.41, 5.74) is 2.15. The summed E-state index contributed by atoms with van der Waals surface area (Å²) in [5, 5.41) is -0.153. The van der Waals surface area contributed by atoms with Gasteiger partial charge in [-0.1, -0.05) is 48.0 Å². The van der Waals surface area contributed by atoms with Crippen LogP contribution in [0.1, 0.15) is 17.5 Å². The number of ether oxygens (including phenoxy) is 2. The van der Waals surface area contributed by atoms with Crippen LogP contribution in [-0.4, -0.2) is 41.3 Å². The Morgan fingerprint density at radius 3 is 2.89 bits per heavy atom. The molecule has 1 aromatic carbocycles. The van der Waals surface area contributed by atoms with Gasteiger partial charge in [-0.3, -0.25) is 4.90 Å². The van der Waals surface area contributed by atoms with Crippen molar-refractivity contribution in [1.29, 1.82) is 0 Å². The van der Waals surface area contributed by atoms with Crippen molar-refractivity contribution in [2.45, 2.75) is 25.1 Å². The fraction of sp³-hybridized carbons (Fsp3) is 0.300.